The average Bonchev–Trinajstić information content (AvgIpc) is 3.71. The van der Waals surface area contributed by atoms with Crippen LogP contribution in [0.15, 0.2) is 135 Å². The molecule has 4 aromatic heterocycles. The molecule has 0 bridgehead atoms. The molecule has 0 spiro atoms. The van der Waals surface area contributed by atoms with Crippen LogP contribution in [-0.4, -0.2) is 29.9 Å². The number of fused-ring (bicyclic) bond motifs is 2. The molecule has 9 heteroatoms. The van der Waals surface area contributed by atoms with E-state index in [0.717, 1.165) is 49.0 Å². The van der Waals surface area contributed by atoms with Crippen LogP contribution in [0.5, 0.6) is 0 Å². The van der Waals surface area contributed by atoms with Gasteiger partial charge in [0.1, 0.15) is 0 Å². The number of para-hydroxylation sites is 2. The molecule has 204 valence electrons. The zero-order valence-corrected chi connectivity index (χ0v) is 22.5. The standard InChI is InChI=1S/C34H20N6O3/c41-34-40(39-32(43-34)26-20-30(22-13-5-2-6-14-22)36-28-18-10-8-16-24(26)28)33-38-37-31(42-33)25-19-29(21-11-3-1-4-12-21)35-27-17-9-7-15-23(25)27/h1-20H. The van der Waals surface area contributed by atoms with Crippen molar-refractivity contribution in [3.8, 4) is 51.4 Å². The molecule has 4 aromatic carbocycles. The van der Waals surface area contributed by atoms with E-state index in [1.54, 1.807) is 0 Å². The minimum Gasteiger partial charge on any atom is -0.402 e. The number of rotatable bonds is 5. The summed E-state index contributed by atoms with van der Waals surface area (Å²) in [6.07, 6.45) is 0. The molecular weight excluding hydrogens is 540 g/mol. The molecule has 0 fully saturated rings. The molecule has 8 rings (SSSR count). The number of pyridine rings is 2. The summed E-state index contributed by atoms with van der Waals surface area (Å²) in [7, 11) is 0. The Balaban J connectivity index is 1.24. The molecule has 0 aliphatic rings. The van der Waals surface area contributed by atoms with Gasteiger partial charge in [-0.1, -0.05) is 102 Å². The number of nitrogens with zero attached hydrogens (tertiary/aromatic N) is 6. The zero-order chi connectivity index (χ0) is 28.8. The second-order valence-electron chi connectivity index (χ2n) is 9.85. The third-order valence-electron chi connectivity index (χ3n) is 7.18. The van der Waals surface area contributed by atoms with Crippen molar-refractivity contribution in [2.45, 2.75) is 0 Å². The number of hydrogen-bond donors (Lipinski definition) is 0. The largest absolute Gasteiger partial charge is 0.446 e. The Hall–Kier alpha value is -6.22. The van der Waals surface area contributed by atoms with Gasteiger partial charge in [0.05, 0.1) is 33.5 Å². The molecule has 0 amide bonds. The summed E-state index contributed by atoms with van der Waals surface area (Å²) < 4.78 is 12.7. The lowest BCUT2D eigenvalue weighted by Crippen LogP contribution is -2.13. The van der Waals surface area contributed by atoms with Crippen LogP contribution in [-0.2, 0) is 0 Å². The van der Waals surface area contributed by atoms with E-state index in [2.05, 4.69) is 15.3 Å². The first-order chi connectivity index (χ1) is 21.2. The lowest BCUT2D eigenvalue weighted by molar-refractivity contribution is 0.476. The van der Waals surface area contributed by atoms with Gasteiger partial charge < -0.3 is 8.83 Å². The van der Waals surface area contributed by atoms with E-state index in [1.165, 1.54) is 0 Å². The van der Waals surface area contributed by atoms with Crippen LogP contribution in [0.25, 0.3) is 73.2 Å². The molecule has 0 aliphatic carbocycles. The maximum Gasteiger partial charge on any atom is 0.446 e. The van der Waals surface area contributed by atoms with Crippen LogP contribution in [0.1, 0.15) is 0 Å². The minimum atomic E-state index is -0.753. The second-order valence-corrected chi connectivity index (χ2v) is 9.85. The number of aromatic nitrogens is 6. The fourth-order valence-corrected chi connectivity index (χ4v) is 5.14. The van der Waals surface area contributed by atoms with Crippen LogP contribution in [0.3, 0.4) is 0 Å². The zero-order valence-electron chi connectivity index (χ0n) is 22.5. The average molecular weight is 561 g/mol. The minimum absolute atomic E-state index is 0.112. The highest BCUT2D eigenvalue weighted by Crippen LogP contribution is 2.33. The highest BCUT2D eigenvalue weighted by molar-refractivity contribution is 5.95. The summed E-state index contributed by atoms with van der Waals surface area (Å²) in [5.74, 6) is -0.416. The van der Waals surface area contributed by atoms with Gasteiger partial charge in [-0.3, -0.25) is 0 Å². The van der Waals surface area contributed by atoms with Crippen molar-refractivity contribution in [1.82, 2.24) is 29.9 Å². The molecule has 0 atom stereocenters. The van der Waals surface area contributed by atoms with E-state index < -0.39 is 5.76 Å². The van der Waals surface area contributed by atoms with Gasteiger partial charge in [0.15, 0.2) is 0 Å². The van der Waals surface area contributed by atoms with Crippen molar-refractivity contribution in [2.75, 3.05) is 0 Å². The van der Waals surface area contributed by atoms with E-state index in [-0.39, 0.29) is 17.8 Å². The first-order valence-corrected chi connectivity index (χ1v) is 13.6. The fraction of sp³-hybridized carbons (Fsp3) is 0. The first-order valence-electron chi connectivity index (χ1n) is 13.6. The van der Waals surface area contributed by atoms with Gasteiger partial charge in [0.2, 0.25) is 0 Å². The van der Waals surface area contributed by atoms with Crippen LogP contribution in [0.4, 0.5) is 0 Å². The van der Waals surface area contributed by atoms with E-state index >= 15 is 0 Å². The van der Waals surface area contributed by atoms with Gasteiger partial charge in [-0.25, -0.2) is 14.8 Å². The molecule has 0 saturated heterocycles. The summed E-state index contributed by atoms with van der Waals surface area (Å²) >= 11 is 0. The van der Waals surface area contributed by atoms with E-state index in [9.17, 15) is 4.79 Å². The SMILES string of the molecule is O=c1oc(-c2cc(-c3ccccc3)nc3ccccc23)nn1-c1nnc(-c2cc(-c3ccccc3)nc3ccccc23)o1. The van der Waals surface area contributed by atoms with Crippen molar-refractivity contribution >= 4 is 21.8 Å². The fourth-order valence-electron chi connectivity index (χ4n) is 5.14. The Kier molecular flexibility index (Phi) is 5.71. The smallest absolute Gasteiger partial charge is 0.402 e. The normalized spacial score (nSPS) is 11.3. The Bertz CT molecular complexity index is 2320. The molecule has 0 aliphatic heterocycles. The van der Waals surface area contributed by atoms with Crippen LogP contribution < -0.4 is 5.76 Å². The summed E-state index contributed by atoms with van der Waals surface area (Å²) in [5.41, 5.74) is 6.19. The summed E-state index contributed by atoms with van der Waals surface area (Å²) in [4.78, 5) is 22.7. The van der Waals surface area contributed by atoms with Gasteiger partial charge in [-0.15, -0.1) is 14.9 Å². The van der Waals surface area contributed by atoms with E-state index in [4.69, 9.17) is 18.8 Å². The maximum atomic E-state index is 13.1. The summed E-state index contributed by atoms with van der Waals surface area (Å²) in [6, 6.07) is 38.6. The Morgan fingerprint density at radius 2 is 1.05 bits per heavy atom. The molecule has 9 nitrogen and oxygen atoms in total. The monoisotopic (exact) mass is 560 g/mol. The Morgan fingerprint density at radius 3 is 1.63 bits per heavy atom. The highest BCUT2D eigenvalue weighted by atomic mass is 16.4. The third kappa shape index (κ3) is 4.36. The molecule has 4 heterocycles. The molecule has 0 N–H and O–H groups in total. The maximum absolute atomic E-state index is 13.1. The van der Waals surface area contributed by atoms with Crippen molar-refractivity contribution < 1.29 is 8.83 Å². The van der Waals surface area contributed by atoms with Gasteiger partial charge in [0.25, 0.3) is 11.8 Å². The van der Waals surface area contributed by atoms with Crippen LogP contribution in [0, 0.1) is 0 Å². The van der Waals surface area contributed by atoms with Crippen molar-refractivity contribution in [1.29, 1.82) is 0 Å². The van der Waals surface area contributed by atoms with Crippen LogP contribution >= 0.6 is 0 Å². The van der Waals surface area contributed by atoms with Gasteiger partial charge in [-0.2, -0.15) is 0 Å². The first kappa shape index (κ1) is 24.6. The second kappa shape index (κ2) is 10.0. The lowest BCUT2D eigenvalue weighted by Gasteiger charge is -2.07. The van der Waals surface area contributed by atoms with E-state index in [0.29, 0.717) is 11.1 Å². The van der Waals surface area contributed by atoms with Crippen LogP contribution in [0.2, 0.25) is 0 Å². The molecule has 8 aromatic rings. The quantitative estimate of drug-likeness (QED) is 0.222. The van der Waals surface area contributed by atoms with Gasteiger partial charge in [0, 0.05) is 21.9 Å². The summed E-state index contributed by atoms with van der Waals surface area (Å²) in [5, 5.41) is 14.5. The third-order valence-corrected chi connectivity index (χ3v) is 7.18. The number of benzene rings is 4. The van der Waals surface area contributed by atoms with Crippen molar-refractivity contribution in [2.24, 2.45) is 0 Å². The molecular formula is C34H20N6O3. The molecule has 0 saturated carbocycles. The summed E-state index contributed by atoms with van der Waals surface area (Å²) in [6.45, 7) is 0. The van der Waals surface area contributed by atoms with Crippen molar-refractivity contribution in [3.05, 3.63) is 132 Å². The van der Waals surface area contributed by atoms with E-state index in [1.807, 2.05) is 121 Å². The van der Waals surface area contributed by atoms with Gasteiger partial charge >= 0.3 is 11.8 Å². The number of hydrogen-bond acceptors (Lipinski definition) is 8. The molecule has 0 radical (unpaired) electrons. The predicted molar refractivity (Wildman–Crippen MR) is 162 cm³/mol. The van der Waals surface area contributed by atoms with Crippen molar-refractivity contribution in [3.63, 3.8) is 0 Å². The molecule has 43 heavy (non-hydrogen) atoms. The Morgan fingerprint density at radius 1 is 0.535 bits per heavy atom. The molecule has 0 unspecified atom stereocenters. The predicted octanol–water partition coefficient (Wildman–Crippen LogP) is 6.97. The van der Waals surface area contributed by atoms with Gasteiger partial charge in [-0.05, 0) is 24.3 Å². The highest BCUT2D eigenvalue weighted by Gasteiger charge is 2.21. The lowest BCUT2D eigenvalue weighted by atomic mass is 10.0. The topological polar surface area (TPSA) is 113 Å². The Labute approximate surface area is 243 Å².